The van der Waals surface area contributed by atoms with Gasteiger partial charge < -0.3 is 9.84 Å². The van der Waals surface area contributed by atoms with Gasteiger partial charge in [-0.1, -0.05) is 39.7 Å². The Labute approximate surface area is 136 Å². The van der Waals surface area contributed by atoms with Gasteiger partial charge in [-0.3, -0.25) is 0 Å². The monoisotopic (exact) mass is 368 g/mol. The lowest BCUT2D eigenvalue weighted by Crippen LogP contribution is -2.29. The van der Waals surface area contributed by atoms with Crippen LogP contribution in [0.2, 0.25) is 5.02 Å². The maximum absolute atomic E-state index is 11.4. The maximum Gasteiger partial charge on any atom is 0.345 e. The van der Waals surface area contributed by atoms with Crippen LogP contribution in [0.15, 0.2) is 46.9 Å². The first-order valence-electron chi connectivity index (χ1n) is 6.36. The van der Waals surface area contributed by atoms with Crippen molar-refractivity contribution in [3.63, 3.8) is 0 Å². The van der Waals surface area contributed by atoms with E-state index in [0.29, 0.717) is 17.2 Å². The fraction of sp³-hybridized carbons (Fsp3) is 0.188. The summed E-state index contributed by atoms with van der Waals surface area (Å²) in [4.78, 5) is 11.4. The first-order valence-corrected chi connectivity index (χ1v) is 7.53. The standard InChI is InChI=1S/C16H14BrClO3/c1-10-8-13(6-7-14(10)18)21-15(16(19)20)9-11-2-4-12(17)5-3-11/h2-8,15H,9H2,1H3,(H,19,20)/t15-/m1/s1. The molecule has 1 N–H and O–H groups in total. The van der Waals surface area contributed by atoms with Gasteiger partial charge in [0.1, 0.15) is 5.75 Å². The lowest BCUT2D eigenvalue weighted by atomic mass is 10.1. The molecule has 2 aromatic rings. The SMILES string of the molecule is Cc1cc(O[C@H](Cc2ccc(Br)cc2)C(=O)O)ccc1Cl. The second-order valence-electron chi connectivity index (χ2n) is 4.69. The lowest BCUT2D eigenvalue weighted by molar-refractivity contribution is -0.145. The summed E-state index contributed by atoms with van der Waals surface area (Å²) in [5, 5.41) is 9.94. The third-order valence-corrected chi connectivity index (χ3v) is 3.97. The molecule has 1 atom stereocenters. The summed E-state index contributed by atoms with van der Waals surface area (Å²) in [6, 6.07) is 12.6. The molecule has 2 rings (SSSR count). The minimum absolute atomic E-state index is 0.296. The number of halogens is 2. The highest BCUT2D eigenvalue weighted by Crippen LogP contribution is 2.23. The van der Waals surface area contributed by atoms with Gasteiger partial charge in [-0.2, -0.15) is 0 Å². The van der Waals surface area contributed by atoms with Crippen LogP contribution in [0.4, 0.5) is 0 Å². The number of carbonyl (C=O) groups is 1. The predicted octanol–water partition coefficient (Wildman–Crippen LogP) is 4.49. The molecule has 0 fully saturated rings. The molecule has 0 saturated heterocycles. The summed E-state index contributed by atoms with van der Waals surface area (Å²) in [5.41, 5.74) is 1.75. The van der Waals surface area contributed by atoms with Crippen LogP contribution in [0.25, 0.3) is 0 Å². The second kappa shape index (κ2) is 6.96. The fourth-order valence-electron chi connectivity index (χ4n) is 1.87. The number of carboxylic acids is 1. The number of hydrogen-bond donors (Lipinski definition) is 1. The summed E-state index contributed by atoms with van der Waals surface area (Å²) < 4.78 is 6.53. The molecular formula is C16H14BrClO3. The van der Waals surface area contributed by atoms with E-state index in [4.69, 9.17) is 16.3 Å². The van der Waals surface area contributed by atoms with E-state index in [9.17, 15) is 9.90 Å². The van der Waals surface area contributed by atoms with Crippen molar-refractivity contribution in [1.29, 1.82) is 0 Å². The van der Waals surface area contributed by atoms with Gasteiger partial charge in [0.2, 0.25) is 0 Å². The van der Waals surface area contributed by atoms with Crippen LogP contribution in [0.3, 0.4) is 0 Å². The molecule has 21 heavy (non-hydrogen) atoms. The van der Waals surface area contributed by atoms with E-state index in [0.717, 1.165) is 15.6 Å². The smallest absolute Gasteiger partial charge is 0.345 e. The number of rotatable bonds is 5. The van der Waals surface area contributed by atoms with E-state index in [1.807, 2.05) is 31.2 Å². The Morgan fingerprint density at radius 3 is 2.52 bits per heavy atom. The highest BCUT2D eigenvalue weighted by Gasteiger charge is 2.20. The molecule has 110 valence electrons. The Morgan fingerprint density at radius 2 is 1.95 bits per heavy atom. The van der Waals surface area contributed by atoms with Gasteiger partial charge in [-0.05, 0) is 48.4 Å². The maximum atomic E-state index is 11.4. The van der Waals surface area contributed by atoms with Gasteiger partial charge in [0.25, 0.3) is 0 Å². The highest BCUT2D eigenvalue weighted by atomic mass is 79.9. The number of ether oxygens (including phenoxy) is 1. The van der Waals surface area contributed by atoms with Crippen LogP contribution in [0.1, 0.15) is 11.1 Å². The van der Waals surface area contributed by atoms with E-state index in [2.05, 4.69) is 15.9 Å². The molecule has 0 radical (unpaired) electrons. The van der Waals surface area contributed by atoms with Gasteiger partial charge in [-0.15, -0.1) is 0 Å². The molecule has 0 bridgehead atoms. The summed E-state index contributed by atoms with van der Waals surface area (Å²) in [6.45, 7) is 1.85. The minimum Gasteiger partial charge on any atom is -0.478 e. The number of carboxylic acid groups (broad SMARTS) is 1. The van der Waals surface area contributed by atoms with Crippen LogP contribution in [0, 0.1) is 6.92 Å². The van der Waals surface area contributed by atoms with Crippen LogP contribution in [-0.2, 0) is 11.2 Å². The normalized spacial score (nSPS) is 12.0. The zero-order valence-electron chi connectivity index (χ0n) is 11.3. The van der Waals surface area contributed by atoms with Gasteiger partial charge in [-0.25, -0.2) is 4.79 Å². The van der Waals surface area contributed by atoms with Gasteiger partial charge >= 0.3 is 5.97 Å². The Bertz CT molecular complexity index is 640. The zero-order chi connectivity index (χ0) is 15.4. The molecule has 0 aliphatic rings. The van der Waals surface area contributed by atoms with Crippen molar-refractivity contribution in [2.24, 2.45) is 0 Å². The molecule has 0 heterocycles. The number of hydrogen-bond acceptors (Lipinski definition) is 2. The van der Waals surface area contributed by atoms with Gasteiger partial charge in [0.15, 0.2) is 6.10 Å². The predicted molar refractivity (Wildman–Crippen MR) is 86.1 cm³/mol. The van der Waals surface area contributed by atoms with Crippen molar-refractivity contribution in [2.75, 3.05) is 0 Å². The number of aryl methyl sites for hydroxylation is 1. The van der Waals surface area contributed by atoms with Crippen LogP contribution in [0.5, 0.6) is 5.75 Å². The third kappa shape index (κ3) is 4.48. The van der Waals surface area contributed by atoms with E-state index >= 15 is 0 Å². The summed E-state index contributed by atoms with van der Waals surface area (Å²) >= 11 is 9.30. The first kappa shape index (κ1) is 15.9. The fourth-order valence-corrected chi connectivity index (χ4v) is 2.25. The van der Waals surface area contributed by atoms with E-state index < -0.39 is 12.1 Å². The largest absolute Gasteiger partial charge is 0.478 e. The molecule has 2 aromatic carbocycles. The number of aliphatic carboxylic acids is 1. The van der Waals surface area contributed by atoms with Crippen molar-refractivity contribution in [3.8, 4) is 5.75 Å². The van der Waals surface area contributed by atoms with Gasteiger partial charge in [0.05, 0.1) is 0 Å². The minimum atomic E-state index is -0.995. The summed E-state index contributed by atoms with van der Waals surface area (Å²) in [6.07, 6.45) is -0.642. The topological polar surface area (TPSA) is 46.5 Å². The average molecular weight is 370 g/mol. The molecule has 0 aromatic heterocycles. The average Bonchev–Trinajstić information content (AvgIpc) is 2.44. The number of benzene rings is 2. The lowest BCUT2D eigenvalue weighted by Gasteiger charge is -2.16. The third-order valence-electron chi connectivity index (χ3n) is 3.02. The Hall–Kier alpha value is -1.52. The Morgan fingerprint density at radius 1 is 1.29 bits per heavy atom. The van der Waals surface area contributed by atoms with Crippen molar-refractivity contribution >= 4 is 33.5 Å². The molecule has 0 spiro atoms. The van der Waals surface area contributed by atoms with Crippen molar-refractivity contribution < 1.29 is 14.6 Å². The molecule has 0 aliphatic carbocycles. The van der Waals surface area contributed by atoms with Gasteiger partial charge in [0, 0.05) is 15.9 Å². The Balaban J connectivity index is 2.13. The van der Waals surface area contributed by atoms with E-state index in [1.165, 1.54) is 0 Å². The first-order chi connectivity index (χ1) is 9.95. The van der Waals surface area contributed by atoms with Crippen LogP contribution in [-0.4, -0.2) is 17.2 Å². The second-order valence-corrected chi connectivity index (χ2v) is 6.01. The molecule has 5 heteroatoms. The van der Waals surface area contributed by atoms with Crippen molar-refractivity contribution in [1.82, 2.24) is 0 Å². The summed E-state index contributed by atoms with van der Waals surface area (Å²) in [7, 11) is 0. The molecule has 0 saturated carbocycles. The molecule has 0 amide bonds. The highest BCUT2D eigenvalue weighted by molar-refractivity contribution is 9.10. The molecule has 0 unspecified atom stereocenters. The zero-order valence-corrected chi connectivity index (χ0v) is 13.7. The van der Waals surface area contributed by atoms with E-state index in [1.54, 1.807) is 18.2 Å². The molecule has 3 nitrogen and oxygen atoms in total. The summed E-state index contributed by atoms with van der Waals surface area (Å²) in [5.74, 6) is -0.494. The van der Waals surface area contributed by atoms with E-state index in [-0.39, 0.29) is 0 Å². The van der Waals surface area contributed by atoms with Crippen LogP contribution < -0.4 is 4.74 Å². The van der Waals surface area contributed by atoms with Crippen molar-refractivity contribution in [2.45, 2.75) is 19.4 Å². The Kier molecular flexibility index (Phi) is 5.26. The molecular weight excluding hydrogens is 356 g/mol. The van der Waals surface area contributed by atoms with Crippen molar-refractivity contribution in [3.05, 3.63) is 63.1 Å². The van der Waals surface area contributed by atoms with Crippen LogP contribution >= 0.6 is 27.5 Å². The quantitative estimate of drug-likeness (QED) is 0.845. The molecule has 0 aliphatic heterocycles.